The molecule has 0 saturated heterocycles. The van der Waals surface area contributed by atoms with Crippen molar-refractivity contribution in [3.63, 3.8) is 0 Å². The SMILES string of the molecule is COC(=O)Oc1ccc2c(N=CC(O)(CC3(c4cc(F)ccc4OC)CC3)C(F)(F)F)cccc2n1. The van der Waals surface area contributed by atoms with Crippen LogP contribution >= 0.6 is 0 Å². The van der Waals surface area contributed by atoms with Gasteiger partial charge >= 0.3 is 12.3 Å². The number of pyridine rings is 1. The number of hydrogen-bond donors (Lipinski definition) is 1. The van der Waals surface area contributed by atoms with E-state index in [9.17, 15) is 27.5 Å². The second kappa shape index (κ2) is 9.38. The van der Waals surface area contributed by atoms with Crippen molar-refractivity contribution in [2.75, 3.05) is 14.2 Å². The molecule has 1 aromatic heterocycles. The summed E-state index contributed by atoms with van der Waals surface area (Å²) in [5.74, 6) is -0.428. The van der Waals surface area contributed by atoms with Crippen molar-refractivity contribution in [2.45, 2.75) is 36.5 Å². The van der Waals surface area contributed by atoms with E-state index >= 15 is 0 Å². The Morgan fingerprint density at radius 3 is 2.56 bits per heavy atom. The van der Waals surface area contributed by atoms with Crippen LogP contribution in [0.2, 0.25) is 0 Å². The topological polar surface area (TPSA) is 90.2 Å². The zero-order chi connectivity index (χ0) is 26.1. The molecular formula is C25H22F4N2O5. The summed E-state index contributed by atoms with van der Waals surface area (Å²) >= 11 is 0. The van der Waals surface area contributed by atoms with Crippen LogP contribution in [0.4, 0.5) is 28.0 Å². The lowest BCUT2D eigenvalue weighted by atomic mass is 9.82. The van der Waals surface area contributed by atoms with E-state index in [-0.39, 0.29) is 22.9 Å². The minimum atomic E-state index is -5.06. The fourth-order valence-electron chi connectivity index (χ4n) is 4.11. The van der Waals surface area contributed by atoms with Crippen molar-refractivity contribution in [2.24, 2.45) is 4.99 Å². The molecule has 0 amide bonds. The Labute approximate surface area is 203 Å². The molecule has 0 spiro atoms. The van der Waals surface area contributed by atoms with Gasteiger partial charge in [0, 0.05) is 35.1 Å². The summed E-state index contributed by atoms with van der Waals surface area (Å²) in [7, 11) is 2.48. The summed E-state index contributed by atoms with van der Waals surface area (Å²) in [6, 6.07) is 11.0. The highest BCUT2D eigenvalue weighted by atomic mass is 19.4. The van der Waals surface area contributed by atoms with E-state index in [0.29, 0.717) is 30.0 Å². The van der Waals surface area contributed by atoms with Crippen molar-refractivity contribution >= 4 is 29.0 Å². The third-order valence-corrected chi connectivity index (χ3v) is 6.14. The van der Waals surface area contributed by atoms with Gasteiger partial charge in [0.2, 0.25) is 5.88 Å². The van der Waals surface area contributed by atoms with E-state index in [1.807, 2.05) is 0 Å². The number of hydrogen-bond acceptors (Lipinski definition) is 7. The second-order valence-electron chi connectivity index (χ2n) is 8.53. The molecule has 1 aliphatic rings. The highest BCUT2D eigenvalue weighted by molar-refractivity contribution is 5.92. The fraction of sp³-hybridized carbons (Fsp3) is 0.320. The number of ether oxygens (including phenoxy) is 3. The molecule has 11 heteroatoms. The van der Waals surface area contributed by atoms with Gasteiger partial charge in [0.25, 0.3) is 0 Å². The van der Waals surface area contributed by atoms with Crippen LogP contribution in [-0.2, 0) is 10.2 Å². The molecule has 7 nitrogen and oxygen atoms in total. The van der Waals surface area contributed by atoms with Crippen LogP contribution in [0.15, 0.2) is 53.5 Å². The normalized spacial score (nSPS) is 16.5. The van der Waals surface area contributed by atoms with Gasteiger partial charge in [-0.1, -0.05) is 6.07 Å². The smallest absolute Gasteiger partial charge is 0.496 e. The van der Waals surface area contributed by atoms with Crippen LogP contribution in [0, 0.1) is 5.82 Å². The minimum Gasteiger partial charge on any atom is -0.496 e. The lowest BCUT2D eigenvalue weighted by Crippen LogP contribution is -2.49. The Bertz CT molecular complexity index is 1320. The van der Waals surface area contributed by atoms with E-state index in [1.165, 1.54) is 37.4 Å². The number of aromatic nitrogens is 1. The Morgan fingerprint density at radius 1 is 1.17 bits per heavy atom. The van der Waals surface area contributed by atoms with Gasteiger partial charge in [0.15, 0.2) is 5.60 Å². The lowest BCUT2D eigenvalue weighted by molar-refractivity contribution is -0.233. The maximum atomic E-state index is 14.1. The van der Waals surface area contributed by atoms with E-state index < -0.39 is 35.6 Å². The van der Waals surface area contributed by atoms with Crippen molar-refractivity contribution in [3.05, 3.63) is 59.9 Å². The highest BCUT2D eigenvalue weighted by Crippen LogP contribution is 2.57. The van der Waals surface area contributed by atoms with Crippen LogP contribution in [0.1, 0.15) is 24.8 Å². The second-order valence-corrected chi connectivity index (χ2v) is 8.53. The summed E-state index contributed by atoms with van der Waals surface area (Å²) in [4.78, 5) is 19.4. The van der Waals surface area contributed by atoms with Crippen LogP contribution < -0.4 is 9.47 Å². The van der Waals surface area contributed by atoms with Crippen molar-refractivity contribution in [1.29, 1.82) is 0 Å². The number of halogens is 4. The van der Waals surface area contributed by atoms with E-state index in [4.69, 9.17) is 9.47 Å². The Balaban J connectivity index is 1.68. The summed E-state index contributed by atoms with van der Waals surface area (Å²) in [5.41, 5.74) is -3.74. The third kappa shape index (κ3) is 4.97. The number of fused-ring (bicyclic) bond motifs is 1. The van der Waals surface area contributed by atoms with Crippen LogP contribution in [0.5, 0.6) is 11.6 Å². The summed E-state index contributed by atoms with van der Waals surface area (Å²) in [5, 5.41) is 11.2. The molecule has 1 aliphatic carbocycles. The predicted molar refractivity (Wildman–Crippen MR) is 122 cm³/mol. The molecule has 0 aliphatic heterocycles. The van der Waals surface area contributed by atoms with Gasteiger partial charge in [-0.3, -0.25) is 4.99 Å². The molecule has 0 radical (unpaired) electrons. The Morgan fingerprint density at radius 2 is 1.92 bits per heavy atom. The van der Waals surface area contributed by atoms with E-state index in [1.54, 1.807) is 6.07 Å². The monoisotopic (exact) mass is 506 g/mol. The van der Waals surface area contributed by atoms with Gasteiger partial charge in [-0.15, -0.1) is 0 Å². The molecule has 1 heterocycles. The fourth-order valence-corrected chi connectivity index (χ4v) is 4.11. The molecule has 2 aromatic carbocycles. The van der Waals surface area contributed by atoms with Gasteiger partial charge in [-0.25, -0.2) is 14.2 Å². The first-order valence-corrected chi connectivity index (χ1v) is 10.8. The first kappa shape index (κ1) is 25.4. The number of carbonyl (C=O) groups is 1. The maximum absolute atomic E-state index is 14.1. The van der Waals surface area contributed by atoms with Crippen LogP contribution in [0.3, 0.4) is 0 Å². The van der Waals surface area contributed by atoms with E-state index in [2.05, 4.69) is 14.7 Å². The molecule has 0 bridgehead atoms. The van der Waals surface area contributed by atoms with Crippen molar-refractivity contribution in [1.82, 2.24) is 4.98 Å². The molecule has 190 valence electrons. The Kier molecular flexibility index (Phi) is 6.61. The highest BCUT2D eigenvalue weighted by Gasteiger charge is 2.60. The molecule has 36 heavy (non-hydrogen) atoms. The molecule has 1 N–H and O–H groups in total. The van der Waals surface area contributed by atoms with Crippen molar-refractivity contribution in [3.8, 4) is 11.6 Å². The molecule has 1 saturated carbocycles. The summed E-state index contributed by atoms with van der Waals surface area (Å²) < 4.78 is 70.9. The number of aliphatic imine (C=N–C) groups is 1. The van der Waals surface area contributed by atoms with Gasteiger partial charge in [0.1, 0.15) is 11.6 Å². The van der Waals surface area contributed by atoms with Crippen LogP contribution in [-0.4, -0.2) is 48.5 Å². The number of alkyl halides is 3. The number of rotatable bonds is 7. The lowest BCUT2D eigenvalue weighted by Gasteiger charge is -2.31. The molecule has 1 atom stereocenters. The quantitative estimate of drug-likeness (QED) is 0.253. The number of benzene rings is 2. The summed E-state index contributed by atoms with van der Waals surface area (Å²) in [6.45, 7) is 0. The first-order valence-electron chi connectivity index (χ1n) is 10.8. The number of methoxy groups -OCH3 is 2. The largest absolute Gasteiger partial charge is 0.514 e. The molecule has 1 fully saturated rings. The van der Waals surface area contributed by atoms with Gasteiger partial charge in [-0.2, -0.15) is 13.2 Å². The van der Waals surface area contributed by atoms with Gasteiger partial charge < -0.3 is 19.3 Å². The average molecular weight is 506 g/mol. The minimum absolute atomic E-state index is 0.0676. The van der Waals surface area contributed by atoms with E-state index in [0.717, 1.165) is 19.2 Å². The molecular weight excluding hydrogens is 484 g/mol. The number of carbonyl (C=O) groups excluding carboxylic acids is 1. The summed E-state index contributed by atoms with van der Waals surface area (Å²) in [6.07, 6.45) is -5.69. The average Bonchev–Trinajstić information content (AvgIpc) is 3.62. The molecule has 3 aromatic rings. The first-order chi connectivity index (χ1) is 17.0. The van der Waals surface area contributed by atoms with Gasteiger partial charge in [0.05, 0.1) is 25.4 Å². The molecule has 4 rings (SSSR count). The standard InChI is InChI=1S/C25H22F4N2O5/c1-34-20-8-6-15(26)12-17(20)23(10-11-23)13-24(33,25(27,28)29)14-30-18-4-3-5-19-16(18)7-9-21(31-19)36-22(32)35-2/h3-9,12,14,33H,10-11,13H2,1-2H3. The Hall–Kier alpha value is -3.73. The zero-order valence-electron chi connectivity index (χ0n) is 19.3. The zero-order valence-corrected chi connectivity index (χ0v) is 19.3. The predicted octanol–water partition coefficient (Wildman–Crippen LogP) is 5.65. The number of aliphatic hydroxyl groups is 1. The number of nitrogens with zero attached hydrogens (tertiary/aromatic N) is 2. The van der Waals surface area contributed by atoms with Crippen LogP contribution in [0.25, 0.3) is 10.9 Å². The van der Waals surface area contributed by atoms with Crippen molar-refractivity contribution < 1.29 is 41.7 Å². The maximum Gasteiger partial charge on any atom is 0.514 e. The molecule has 1 unspecified atom stereocenters. The van der Waals surface area contributed by atoms with Gasteiger partial charge in [-0.05, 0) is 49.2 Å². The third-order valence-electron chi connectivity index (χ3n) is 6.14.